The van der Waals surface area contributed by atoms with Crippen molar-refractivity contribution >= 4 is 20.9 Å². The Morgan fingerprint density at radius 1 is 1.00 bits per heavy atom. The molecule has 0 bridgehead atoms. The van der Waals surface area contributed by atoms with Crippen molar-refractivity contribution in [1.82, 2.24) is 8.54 Å². The molecule has 2 heterocycles. The van der Waals surface area contributed by atoms with Gasteiger partial charge in [-0.3, -0.25) is 4.79 Å². The molecule has 0 aliphatic carbocycles. The van der Waals surface area contributed by atoms with Crippen molar-refractivity contribution < 1.29 is 8.42 Å². The summed E-state index contributed by atoms with van der Waals surface area (Å²) in [5.74, 6) is 0. The Kier molecular flexibility index (Phi) is 3.21. The number of benzene rings is 1. The van der Waals surface area contributed by atoms with E-state index in [-0.39, 0.29) is 16.0 Å². The van der Waals surface area contributed by atoms with Gasteiger partial charge in [-0.15, -0.1) is 0 Å². The van der Waals surface area contributed by atoms with E-state index < -0.39 is 10.0 Å². The molecule has 0 N–H and O–H groups in total. The second kappa shape index (κ2) is 4.84. The Balaban J connectivity index is 2.35. The summed E-state index contributed by atoms with van der Waals surface area (Å²) >= 11 is 0. The van der Waals surface area contributed by atoms with Crippen LogP contribution in [0.2, 0.25) is 0 Å². The molecule has 2 aromatic heterocycles. The van der Waals surface area contributed by atoms with E-state index in [0.717, 1.165) is 15.1 Å². The van der Waals surface area contributed by atoms with Crippen LogP contribution < -0.4 is 5.56 Å². The van der Waals surface area contributed by atoms with E-state index in [4.69, 9.17) is 0 Å². The maximum Gasteiger partial charge on any atom is 0.275 e. The number of rotatable bonds is 2. The maximum atomic E-state index is 12.8. The minimum atomic E-state index is -3.79. The van der Waals surface area contributed by atoms with E-state index in [9.17, 15) is 13.2 Å². The molecule has 22 heavy (non-hydrogen) atoms. The van der Waals surface area contributed by atoms with E-state index >= 15 is 0 Å². The lowest BCUT2D eigenvalue weighted by atomic mass is 10.2. The second-order valence-corrected chi connectivity index (χ2v) is 7.24. The van der Waals surface area contributed by atoms with Gasteiger partial charge in [0.05, 0.1) is 4.90 Å². The van der Waals surface area contributed by atoms with Gasteiger partial charge < -0.3 is 4.57 Å². The van der Waals surface area contributed by atoms with Crippen molar-refractivity contribution in [3.05, 3.63) is 64.2 Å². The Labute approximate surface area is 128 Å². The number of aryl methyl sites for hydroxylation is 3. The summed E-state index contributed by atoms with van der Waals surface area (Å²) in [6, 6.07) is 8.25. The standard InChI is InChI=1S/C16H16N2O3S/c1-11-4-6-13(7-5-11)22(20,21)18-9-8-14-12(2)10-17(3)16(19)15(14)18/h4-10H,1-3H3. The lowest BCUT2D eigenvalue weighted by molar-refractivity contribution is 0.589. The monoisotopic (exact) mass is 316 g/mol. The summed E-state index contributed by atoms with van der Waals surface area (Å²) in [6.07, 6.45) is 3.14. The van der Waals surface area contributed by atoms with Crippen molar-refractivity contribution in [2.75, 3.05) is 0 Å². The van der Waals surface area contributed by atoms with E-state index in [0.29, 0.717) is 5.39 Å². The molecule has 0 aliphatic heterocycles. The van der Waals surface area contributed by atoms with Crippen LogP contribution in [0.15, 0.2) is 52.4 Å². The predicted octanol–water partition coefficient (Wildman–Crippen LogP) is 2.19. The first kappa shape index (κ1) is 14.6. The first-order chi connectivity index (χ1) is 10.3. The molecule has 114 valence electrons. The van der Waals surface area contributed by atoms with Gasteiger partial charge in [-0.1, -0.05) is 17.7 Å². The number of nitrogens with zero attached hydrogens (tertiary/aromatic N) is 2. The van der Waals surface area contributed by atoms with Gasteiger partial charge in [0, 0.05) is 24.8 Å². The zero-order chi connectivity index (χ0) is 16.1. The third-order valence-electron chi connectivity index (χ3n) is 3.76. The summed E-state index contributed by atoms with van der Waals surface area (Å²) in [4.78, 5) is 12.5. The molecule has 0 aliphatic rings. The number of aromatic nitrogens is 2. The molecule has 6 heteroatoms. The number of hydrogen-bond donors (Lipinski definition) is 0. The molecule has 0 atom stereocenters. The van der Waals surface area contributed by atoms with Crippen molar-refractivity contribution in [1.29, 1.82) is 0 Å². The number of fused-ring (bicyclic) bond motifs is 1. The molecule has 0 unspecified atom stereocenters. The van der Waals surface area contributed by atoms with Crippen LogP contribution in [0, 0.1) is 13.8 Å². The van der Waals surface area contributed by atoms with Crippen LogP contribution in [0.25, 0.3) is 10.9 Å². The van der Waals surface area contributed by atoms with Crippen molar-refractivity contribution in [3.8, 4) is 0 Å². The molecular formula is C16H16N2O3S. The van der Waals surface area contributed by atoms with Gasteiger partial charge in [0.2, 0.25) is 0 Å². The molecule has 5 nitrogen and oxygen atoms in total. The van der Waals surface area contributed by atoms with Gasteiger partial charge in [-0.25, -0.2) is 12.4 Å². The lowest BCUT2D eigenvalue weighted by Crippen LogP contribution is -2.22. The fourth-order valence-electron chi connectivity index (χ4n) is 2.55. The van der Waals surface area contributed by atoms with Gasteiger partial charge in [-0.2, -0.15) is 0 Å². The maximum absolute atomic E-state index is 12.8. The first-order valence-electron chi connectivity index (χ1n) is 6.82. The van der Waals surface area contributed by atoms with Crippen LogP contribution in [0.3, 0.4) is 0 Å². The SMILES string of the molecule is Cc1ccc(S(=O)(=O)n2ccc3c(C)cn(C)c(=O)c32)cc1. The first-order valence-corrected chi connectivity index (χ1v) is 8.26. The minimum absolute atomic E-state index is 0.166. The highest BCUT2D eigenvalue weighted by molar-refractivity contribution is 7.90. The molecule has 0 amide bonds. The van der Waals surface area contributed by atoms with Gasteiger partial charge >= 0.3 is 0 Å². The van der Waals surface area contributed by atoms with E-state index in [1.807, 2.05) is 13.8 Å². The number of pyridine rings is 1. The Morgan fingerprint density at radius 2 is 1.64 bits per heavy atom. The smallest absolute Gasteiger partial charge is 0.275 e. The van der Waals surface area contributed by atoms with E-state index in [1.54, 1.807) is 43.6 Å². The predicted molar refractivity (Wildman–Crippen MR) is 85.7 cm³/mol. The Bertz CT molecular complexity index is 1030. The molecular weight excluding hydrogens is 300 g/mol. The zero-order valence-electron chi connectivity index (χ0n) is 12.6. The fraction of sp³-hybridized carbons (Fsp3) is 0.188. The third-order valence-corrected chi connectivity index (χ3v) is 5.46. The van der Waals surface area contributed by atoms with Crippen molar-refractivity contribution in [3.63, 3.8) is 0 Å². The molecule has 0 saturated carbocycles. The van der Waals surface area contributed by atoms with Crippen molar-refractivity contribution in [2.24, 2.45) is 7.05 Å². The zero-order valence-corrected chi connectivity index (χ0v) is 13.4. The van der Waals surface area contributed by atoms with Crippen LogP contribution in [0.4, 0.5) is 0 Å². The molecule has 3 aromatic rings. The van der Waals surface area contributed by atoms with Crippen molar-refractivity contribution in [2.45, 2.75) is 18.7 Å². The van der Waals surface area contributed by atoms with Crippen LogP contribution >= 0.6 is 0 Å². The number of hydrogen-bond acceptors (Lipinski definition) is 3. The molecule has 0 radical (unpaired) electrons. The highest BCUT2D eigenvalue weighted by atomic mass is 32.2. The summed E-state index contributed by atoms with van der Waals surface area (Å²) in [5.41, 5.74) is 1.68. The van der Waals surface area contributed by atoms with Gasteiger partial charge in [0.1, 0.15) is 5.52 Å². The molecule has 1 aromatic carbocycles. The highest BCUT2D eigenvalue weighted by Crippen LogP contribution is 2.22. The molecule has 0 saturated heterocycles. The van der Waals surface area contributed by atoms with Crippen LogP contribution in [-0.4, -0.2) is 17.0 Å². The highest BCUT2D eigenvalue weighted by Gasteiger charge is 2.21. The summed E-state index contributed by atoms with van der Waals surface area (Å²) in [5, 5.41) is 0.652. The average molecular weight is 316 g/mol. The Hall–Kier alpha value is -2.34. The topological polar surface area (TPSA) is 61.1 Å². The normalized spacial score (nSPS) is 12.0. The van der Waals surface area contributed by atoms with Crippen LogP contribution in [0.5, 0.6) is 0 Å². The van der Waals surface area contributed by atoms with Gasteiger partial charge in [-0.05, 0) is 37.6 Å². The fourth-order valence-corrected chi connectivity index (χ4v) is 3.90. The summed E-state index contributed by atoms with van der Waals surface area (Å²) in [6.45, 7) is 3.74. The van der Waals surface area contributed by atoms with E-state index in [1.165, 1.54) is 10.8 Å². The van der Waals surface area contributed by atoms with Gasteiger partial charge in [0.25, 0.3) is 15.6 Å². The quantitative estimate of drug-likeness (QED) is 0.728. The average Bonchev–Trinajstić information content (AvgIpc) is 2.91. The second-order valence-electron chi connectivity index (χ2n) is 5.42. The Morgan fingerprint density at radius 3 is 2.27 bits per heavy atom. The van der Waals surface area contributed by atoms with Crippen LogP contribution in [-0.2, 0) is 17.1 Å². The largest absolute Gasteiger partial charge is 0.316 e. The summed E-state index contributed by atoms with van der Waals surface area (Å²) in [7, 11) is -2.18. The molecule has 0 spiro atoms. The van der Waals surface area contributed by atoms with E-state index in [2.05, 4.69) is 0 Å². The minimum Gasteiger partial charge on any atom is -0.316 e. The molecule has 0 fully saturated rings. The molecule has 3 rings (SSSR count). The summed E-state index contributed by atoms with van der Waals surface area (Å²) < 4.78 is 28.1. The van der Waals surface area contributed by atoms with Crippen LogP contribution in [0.1, 0.15) is 11.1 Å². The third kappa shape index (κ3) is 2.07. The lowest BCUT2D eigenvalue weighted by Gasteiger charge is -2.09. The van der Waals surface area contributed by atoms with Gasteiger partial charge in [0.15, 0.2) is 0 Å².